The molecule has 1 aliphatic heterocycles. The summed E-state index contributed by atoms with van der Waals surface area (Å²) < 4.78 is 43.1. The molecule has 1 heterocycles. The largest absolute Gasteiger partial charge is 0.378 e. The third kappa shape index (κ3) is 8.74. The first-order valence-corrected chi connectivity index (χ1v) is 13.0. The molecule has 3 fully saturated rings. The third-order valence-electron chi connectivity index (χ3n) is 7.82. The zero-order valence-electron chi connectivity index (χ0n) is 19.5. The molecule has 3 rings (SSSR count). The summed E-state index contributed by atoms with van der Waals surface area (Å²) in [6.45, 7) is 4.76. The van der Waals surface area contributed by atoms with E-state index in [2.05, 4.69) is 6.92 Å². The highest BCUT2D eigenvalue weighted by atomic mass is 19.3. The van der Waals surface area contributed by atoms with Crippen molar-refractivity contribution >= 4 is 0 Å². The summed E-state index contributed by atoms with van der Waals surface area (Å²) >= 11 is 0. The Labute approximate surface area is 188 Å². The average molecular weight is 443 g/mol. The minimum absolute atomic E-state index is 0.0414. The van der Waals surface area contributed by atoms with Gasteiger partial charge in [0.05, 0.1) is 19.3 Å². The number of unbranched alkanes of at least 4 members (excludes halogenated alkanes) is 4. The van der Waals surface area contributed by atoms with Crippen LogP contribution in [0, 0.1) is 23.7 Å². The Balaban J connectivity index is 1.26. The van der Waals surface area contributed by atoms with E-state index in [4.69, 9.17) is 14.2 Å². The quantitative estimate of drug-likeness (QED) is 0.310. The lowest BCUT2D eigenvalue weighted by molar-refractivity contribution is -0.238. The lowest BCUT2D eigenvalue weighted by Gasteiger charge is -2.41. The molecule has 31 heavy (non-hydrogen) atoms. The molecule has 180 valence electrons. The van der Waals surface area contributed by atoms with E-state index in [1.54, 1.807) is 0 Å². The van der Waals surface area contributed by atoms with E-state index in [-0.39, 0.29) is 6.29 Å². The molecule has 0 N–H and O–H groups in total. The van der Waals surface area contributed by atoms with Crippen LogP contribution in [0.2, 0.25) is 0 Å². The maximum absolute atomic E-state index is 12.3. The topological polar surface area (TPSA) is 27.7 Å². The fraction of sp³-hybridized carbons (Fsp3) is 0.923. The molecule has 0 unspecified atom stereocenters. The van der Waals surface area contributed by atoms with Crippen LogP contribution in [0.25, 0.3) is 0 Å². The first-order chi connectivity index (χ1) is 15.2. The van der Waals surface area contributed by atoms with E-state index >= 15 is 0 Å². The van der Waals surface area contributed by atoms with Crippen molar-refractivity contribution in [3.8, 4) is 0 Å². The van der Waals surface area contributed by atoms with E-state index in [0.717, 1.165) is 77.3 Å². The second kappa shape index (κ2) is 13.9. The molecule has 0 aromatic carbocycles. The monoisotopic (exact) mass is 442 g/mol. The molecule has 0 atom stereocenters. The van der Waals surface area contributed by atoms with Gasteiger partial charge in [-0.15, -0.1) is 0 Å². The van der Waals surface area contributed by atoms with Gasteiger partial charge in [-0.1, -0.05) is 32.6 Å². The molecule has 0 bridgehead atoms. The molecule has 2 saturated carbocycles. The second-order valence-corrected chi connectivity index (χ2v) is 10.1. The van der Waals surface area contributed by atoms with Gasteiger partial charge in [0.25, 0.3) is 6.08 Å². The molecule has 3 aliphatic rings. The molecular weight excluding hydrogens is 398 g/mol. The Morgan fingerprint density at radius 1 is 0.806 bits per heavy atom. The van der Waals surface area contributed by atoms with Crippen molar-refractivity contribution in [3.05, 3.63) is 12.2 Å². The van der Waals surface area contributed by atoms with Gasteiger partial charge < -0.3 is 14.2 Å². The molecule has 1 saturated heterocycles. The van der Waals surface area contributed by atoms with Gasteiger partial charge in [0.1, 0.15) is 0 Å². The minimum Gasteiger partial charge on any atom is -0.378 e. The summed E-state index contributed by atoms with van der Waals surface area (Å²) in [6.07, 6.45) is 15.8. The van der Waals surface area contributed by atoms with Crippen molar-refractivity contribution in [2.75, 3.05) is 19.8 Å². The van der Waals surface area contributed by atoms with Crippen molar-refractivity contribution in [1.82, 2.24) is 0 Å². The van der Waals surface area contributed by atoms with Crippen LogP contribution < -0.4 is 0 Å². The van der Waals surface area contributed by atoms with E-state index < -0.39 is 6.08 Å². The number of rotatable bonds is 11. The molecular formula is C26H44F2O3. The first-order valence-electron chi connectivity index (χ1n) is 13.0. The lowest BCUT2D eigenvalue weighted by atomic mass is 9.75. The molecule has 3 nitrogen and oxygen atoms in total. The summed E-state index contributed by atoms with van der Waals surface area (Å²) in [7, 11) is 0. The van der Waals surface area contributed by atoms with Crippen molar-refractivity contribution in [2.45, 2.75) is 109 Å². The minimum atomic E-state index is -1.54. The van der Waals surface area contributed by atoms with Crippen molar-refractivity contribution in [3.63, 3.8) is 0 Å². The number of hydrogen-bond acceptors (Lipinski definition) is 3. The van der Waals surface area contributed by atoms with Crippen molar-refractivity contribution in [2.24, 2.45) is 23.7 Å². The maximum atomic E-state index is 12.3. The highest BCUT2D eigenvalue weighted by Crippen LogP contribution is 2.39. The third-order valence-corrected chi connectivity index (χ3v) is 7.82. The number of halogens is 2. The van der Waals surface area contributed by atoms with E-state index in [0.29, 0.717) is 36.2 Å². The Bertz CT molecular complexity index is 499. The molecule has 0 aromatic rings. The predicted octanol–water partition coefficient (Wildman–Crippen LogP) is 7.50. The maximum Gasteiger partial charge on any atom is 0.266 e. The highest BCUT2D eigenvalue weighted by Gasteiger charge is 2.36. The Kier molecular flexibility index (Phi) is 11.3. The zero-order chi connectivity index (χ0) is 21.9. The molecule has 0 aromatic heterocycles. The van der Waals surface area contributed by atoms with Crippen molar-refractivity contribution < 1.29 is 23.0 Å². The van der Waals surface area contributed by atoms with Gasteiger partial charge in [-0.25, -0.2) is 0 Å². The summed E-state index contributed by atoms with van der Waals surface area (Å²) in [5.74, 6) is 2.02. The lowest BCUT2D eigenvalue weighted by Crippen LogP contribution is -2.42. The van der Waals surface area contributed by atoms with Crippen LogP contribution in [0.4, 0.5) is 8.78 Å². The summed E-state index contributed by atoms with van der Waals surface area (Å²) in [5.41, 5.74) is 0. The van der Waals surface area contributed by atoms with Crippen LogP contribution in [0.1, 0.15) is 96.8 Å². The molecule has 0 radical (unpaired) electrons. The van der Waals surface area contributed by atoms with Gasteiger partial charge >= 0.3 is 0 Å². The Morgan fingerprint density at radius 2 is 1.45 bits per heavy atom. The Morgan fingerprint density at radius 3 is 2.10 bits per heavy atom. The molecule has 0 amide bonds. The fourth-order valence-electron chi connectivity index (χ4n) is 5.71. The summed E-state index contributed by atoms with van der Waals surface area (Å²) in [5, 5.41) is 0. The van der Waals surface area contributed by atoms with Gasteiger partial charge in [0.2, 0.25) is 0 Å². The standard InChI is InChI=1S/C26H44F2O3/c1-2-3-4-5-6-17-29-24-14-12-22(13-15-24)26-30-18-23(19-31-26)21-10-7-20(8-11-21)9-16-25(27)28/h16,20-24,26H,2-15,17-19H2,1H3. The average Bonchev–Trinajstić information content (AvgIpc) is 2.81. The van der Waals surface area contributed by atoms with Gasteiger partial charge in [-0.2, -0.15) is 8.78 Å². The van der Waals surface area contributed by atoms with Crippen LogP contribution in [0.15, 0.2) is 12.2 Å². The highest BCUT2D eigenvalue weighted by molar-refractivity contribution is 4.87. The van der Waals surface area contributed by atoms with E-state index in [9.17, 15) is 8.78 Å². The first kappa shape index (κ1) is 25.1. The van der Waals surface area contributed by atoms with Crippen LogP contribution in [-0.2, 0) is 14.2 Å². The fourth-order valence-corrected chi connectivity index (χ4v) is 5.71. The second-order valence-electron chi connectivity index (χ2n) is 10.1. The predicted molar refractivity (Wildman–Crippen MR) is 120 cm³/mol. The van der Waals surface area contributed by atoms with Crippen LogP contribution in [-0.4, -0.2) is 32.2 Å². The van der Waals surface area contributed by atoms with Gasteiger partial charge in [0.15, 0.2) is 6.29 Å². The van der Waals surface area contributed by atoms with Crippen LogP contribution >= 0.6 is 0 Å². The SMILES string of the molecule is CCCCCCCOC1CCC(C2OCC(C3CCC(CC=C(F)F)CC3)CO2)CC1. The van der Waals surface area contributed by atoms with Crippen LogP contribution in [0.5, 0.6) is 0 Å². The molecule has 2 aliphatic carbocycles. The van der Waals surface area contributed by atoms with Crippen molar-refractivity contribution in [1.29, 1.82) is 0 Å². The van der Waals surface area contributed by atoms with Gasteiger partial charge in [-0.3, -0.25) is 0 Å². The molecule has 0 spiro atoms. The van der Waals surface area contributed by atoms with Crippen LogP contribution in [0.3, 0.4) is 0 Å². The van der Waals surface area contributed by atoms with E-state index in [1.165, 1.54) is 32.1 Å². The Hall–Kier alpha value is -0.520. The number of allylic oxidation sites excluding steroid dienone is 1. The van der Waals surface area contributed by atoms with E-state index in [1.807, 2.05) is 0 Å². The normalized spacial score (nSPS) is 34.4. The zero-order valence-corrected chi connectivity index (χ0v) is 19.5. The summed E-state index contributed by atoms with van der Waals surface area (Å²) in [6, 6.07) is 0. The smallest absolute Gasteiger partial charge is 0.266 e. The van der Waals surface area contributed by atoms with Gasteiger partial charge in [-0.05, 0) is 82.1 Å². The number of ether oxygens (including phenoxy) is 3. The summed E-state index contributed by atoms with van der Waals surface area (Å²) in [4.78, 5) is 0. The molecule has 5 heteroatoms. The number of hydrogen-bond donors (Lipinski definition) is 0. The van der Waals surface area contributed by atoms with Gasteiger partial charge in [0, 0.05) is 18.4 Å².